The van der Waals surface area contributed by atoms with Crippen molar-refractivity contribution in [1.29, 1.82) is 5.26 Å². The second-order valence-corrected chi connectivity index (χ2v) is 9.31. The molecule has 33 heavy (non-hydrogen) atoms. The molecule has 3 aromatic rings. The van der Waals surface area contributed by atoms with Gasteiger partial charge in [-0.1, -0.05) is 30.0 Å². The number of nitrogens with zero attached hydrogens (tertiary/aromatic N) is 4. The lowest BCUT2D eigenvalue weighted by Crippen LogP contribution is -2.45. The first-order valence-electron chi connectivity index (χ1n) is 11.2. The summed E-state index contributed by atoms with van der Waals surface area (Å²) in [7, 11) is 0. The summed E-state index contributed by atoms with van der Waals surface area (Å²) < 4.78 is 7.85. The maximum atomic E-state index is 12.9. The molecule has 0 saturated carbocycles. The van der Waals surface area contributed by atoms with Gasteiger partial charge in [0.1, 0.15) is 17.5 Å². The molecule has 2 aliphatic heterocycles. The zero-order valence-electron chi connectivity index (χ0n) is 18.2. The number of hydrogen-bond donors (Lipinski definition) is 1. The van der Waals surface area contributed by atoms with Crippen LogP contribution in [0.4, 0.5) is 0 Å². The standard InChI is InChI=1S/C25H25N5O2S/c26-16-18-5-1-2-6-21(18)32-14-4-11-29-12-9-19(10-13-29)28-25(31)22-15-20-17-27-23-7-3-8-24(33-22)30(20)23/h1-3,5-8,15,17,19H,4,9-14H2,(H,28,31). The minimum atomic E-state index is -0.00698. The number of nitriles is 1. The Morgan fingerprint density at radius 2 is 2.06 bits per heavy atom. The van der Waals surface area contributed by atoms with Crippen molar-refractivity contribution in [2.45, 2.75) is 30.3 Å². The predicted octanol–water partition coefficient (Wildman–Crippen LogP) is 3.70. The van der Waals surface area contributed by atoms with Gasteiger partial charge in [0.2, 0.25) is 0 Å². The van der Waals surface area contributed by atoms with E-state index in [0.717, 1.165) is 55.3 Å². The maximum absolute atomic E-state index is 12.9. The highest BCUT2D eigenvalue weighted by Crippen LogP contribution is 2.34. The normalized spacial score (nSPS) is 16.3. The number of piperidine rings is 1. The third-order valence-electron chi connectivity index (χ3n) is 6.04. The fraction of sp³-hybridized carbons (Fsp3) is 0.320. The van der Waals surface area contributed by atoms with Crippen LogP contribution in [0.5, 0.6) is 5.75 Å². The van der Waals surface area contributed by atoms with E-state index < -0.39 is 0 Å². The average Bonchev–Trinajstić information content (AvgIpc) is 3.27. The van der Waals surface area contributed by atoms with Crippen molar-refractivity contribution in [2.75, 3.05) is 26.2 Å². The van der Waals surface area contributed by atoms with E-state index in [1.807, 2.05) is 48.7 Å². The van der Waals surface area contributed by atoms with E-state index in [4.69, 9.17) is 10.00 Å². The Kier molecular flexibility index (Phi) is 6.33. The fourth-order valence-electron chi connectivity index (χ4n) is 4.31. The molecular formula is C25H25N5O2S. The number of rotatable bonds is 7. The van der Waals surface area contributed by atoms with Crippen molar-refractivity contribution < 1.29 is 9.53 Å². The second-order valence-electron chi connectivity index (χ2n) is 8.25. The fourth-order valence-corrected chi connectivity index (χ4v) is 5.30. The first-order chi connectivity index (χ1) is 16.2. The Hall–Kier alpha value is -3.28. The number of carbonyl (C=O) groups excluding carboxylic acids is 1. The lowest BCUT2D eigenvalue weighted by atomic mass is 10.0. The average molecular weight is 460 g/mol. The van der Waals surface area contributed by atoms with Gasteiger partial charge in [-0.2, -0.15) is 5.26 Å². The topological polar surface area (TPSA) is 82.7 Å². The van der Waals surface area contributed by atoms with Crippen molar-refractivity contribution in [1.82, 2.24) is 19.6 Å². The predicted molar refractivity (Wildman–Crippen MR) is 128 cm³/mol. The molecule has 8 heteroatoms. The highest BCUT2D eigenvalue weighted by Gasteiger charge is 2.24. The number of thioether (sulfide) groups is 1. The van der Waals surface area contributed by atoms with Gasteiger partial charge < -0.3 is 15.0 Å². The van der Waals surface area contributed by atoms with Gasteiger partial charge in [0, 0.05) is 25.7 Å². The van der Waals surface area contributed by atoms with Gasteiger partial charge in [0.15, 0.2) is 0 Å². The maximum Gasteiger partial charge on any atom is 0.258 e. The number of para-hydroxylation sites is 1. The summed E-state index contributed by atoms with van der Waals surface area (Å²) in [5.41, 5.74) is 2.41. The number of pyridine rings is 1. The summed E-state index contributed by atoms with van der Waals surface area (Å²) in [4.78, 5) is 20.5. The number of carbonyl (C=O) groups is 1. The van der Waals surface area contributed by atoms with E-state index in [9.17, 15) is 4.79 Å². The van der Waals surface area contributed by atoms with E-state index in [1.54, 1.807) is 6.07 Å². The van der Waals surface area contributed by atoms with Crippen LogP contribution in [0.25, 0.3) is 11.7 Å². The Bertz CT molecular complexity index is 1240. The second kappa shape index (κ2) is 9.69. The van der Waals surface area contributed by atoms with Crippen LogP contribution in [0.15, 0.2) is 58.6 Å². The molecule has 1 aromatic carbocycles. The van der Waals surface area contributed by atoms with Crippen LogP contribution in [0.2, 0.25) is 0 Å². The van der Waals surface area contributed by atoms with Gasteiger partial charge in [-0.15, -0.1) is 0 Å². The molecule has 4 heterocycles. The zero-order chi connectivity index (χ0) is 22.6. The van der Waals surface area contributed by atoms with Crippen molar-refractivity contribution >= 4 is 29.4 Å². The van der Waals surface area contributed by atoms with E-state index in [-0.39, 0.29) is 11.9 Å². The summed E-state index contributed by atoms with van der Waals surface area (Å²) in [5, 5.41) is 13.4. The summed E-state index contributed by atoms with van der Waals surface area (Å²) in [6.07, 6.45) is 6.52. The molecular weight excluding hydrogens is 434 g/mol. The largest absolute Gasteiger partial charge is 0.492 e. The molecule has 1 amide bonds. The Morgan fingerprint density at radius 1 is 1.21 bits per heavy atom. The Morgan fingerprint density at radius 3 is 2.91 bits per heavy atom. The van der Waals surface area contributed by atoms with E-state index >= 15 is 0 Å². The third-order valence-corrected chi connectivity index (χ3v) is 7.10. The molecule has 1 fully saturated rings. The van der Waals surface area contributed by atoms with E-state index in [2.05, 4.69) is 25.7 Å². The minimum absolute atomic E-state index is 0.00698. The van der Waals surface area contributed by atoms with Gasteiger partial charge >= 0.3 is 0 Å². The van der Waals surface area contributed by atoms with Crippen molar-refractivity contribution in [3.8, 4) is 11.8 Å². The number of imidazole rings is 1. The van der Waals surface area contributed by atoms with Crippen molar-refractivity contribution in [3.63, 3.8) is 0 Å². The summed E-state index contributed by atoms with van der Waals surface area (Å²) in [6, 6.07) is 15.6. The molecule has 0 spiro atoms. The smallest absolute Gasteiger partial charge is 0.258 e. The number of ether oxygens (including phenoxy) is 1. The number of hydrogen-bond acceptors (Lipinski definition) is 6. The van der Waals surface area contributed by atoms with Crippen LogP contribution in [-0.2, 0) is 4.79 Å². The minimum Gasteiger partial charge on any atom is -0.492 e. The van der Waals surface area contributed by atoms with Gasteiger partial charge in [-0.05, 0) is 49.6 Å². The number of aromatic nitrogens is 2. The molecule has 1 saturated heterocycles. The molecule has 7 nitrogen and oxygen atoms in total. The first kappa shape index (κ1) is 21.6. The van der Waals surface area contributed by atoms with E-state index in [0.29, 0.717) is 22.8 Å². The van der Waals surface area contributed by atoms with Crippen LogP contribution >= 0.6 is 11.8 Å². The Balaban J connectivity index is 1.06. The summed E-state index contributed by atoms with van der Waals surface area (Å²) >= 11 is 1.49. The van der Waals surface area contributed by atoms with Gasteiger partial charge in [0.05, 0.1) is 34.0 Å². The summed E-state index contributed by atoms with van der Waals surface area (Å²) in [5.74, 6) is 0.642. The van der Waals surface area contributed by atoms with Gasteiger partial charge in [-0.25, -0.2) is 4.98 Å². The Labute approximate surface area is 197 Å². The molecule has 0 atom stereocenters. The van der Waals surface area contributed by atoms with Crippen LogP contribution in [0.3, 0.4) is 0 Å². The third kappa shape index (κ3) is 4.75. The van der Waals surface area contributed by atoms with Gasteiger partial charge in [0.25, 0.3) is 5.91 Å². The molecule has 1 N–H and O–H groups in total. The monoisotopic (exact) mass is 459 g/mol. The van der Waals surface area contributed by atoms with Crippen LogP contribution < -0.4 is 10.1 Å². The molecule has 5 rings (SSSR count). The van der Waals surface area contributed by atoms with Crippen molar-refractivity contribution in [3.05, 3.63) is 64.8 Å². The lowest BCUT2D eigenvalue weighted by Gasteiger charge is -2.32. The highest BCUT2D eigenvalue weighted by atomic mass is 32.2. The number of nitrogens with one attached hydrogen (secondary N) is 1. The molecule has 168 valence electrons. The van der Waals surface area contributed by atoms with Crippen molar-refractivity contribution in [2.24, 2.45) is 0 Å². The molecule has 0 aliphatic carbocycles. The SMILES string of the molecule is N#Cc1ccccc1OCCCN1CCC(NC(=O)C2=Cc3cnc4cccc(n34)S2)CC1. The molecule has 0 bridgehead atoms. The molecule has 0 unspecified atom stereocenters. The number of benzene rings is 1. The first-order valence-corrected chi connectivity index (χ1v) is 12.0. The number of amides is 1. The molecule has 2 aromatic heterocycles. The van der Waals surface area contributed by atoms with Crippen LogP contribution in [-0.4, -0.2) is 52.5 Å². The zero-order valence-corrected chi connectivity index (χ0v) is 19.1. The van der Waals surface area contributed by atoms with Crippen LogP contribution in [0, 0.1) is 11.3 Å². The number of likely N-dealkylation sites (tertiary alicyclic amines) is 1. The van der Waals surface area contributed by atoms with Crippen LogP contribution in [0.1, 0.15) is 30.5 Å². The summed E-state index contributed by atoms with van der Waals surface area (Å²) in [6.45, 7) is 3.45. The highest BCUT2D eigenvalue weighted by molar-refractivity contribution is 8.04. The molecule has 2 aliphatic rings. The van der Waals surface area contributed by atoms with Gasteiger partial charge in [-0.3, -0.25) is 9.20 Å². The molecule has 0 radical (unpaired) electrons. The lowest BCUT2D eigenvalue weighted by molar-refractivity contribution is -0.117. The quantitative estimate of drug-likeness (QED) is 0.543. The van der Waals surface area contributed by atoms with E-state index in [1.165, 1.54) is 11.8 Å².